The third-order valence-electron chi connectivity index (χ3n) is 3.22. The van der Waals surface area contributed by atoms with Crippen LogP contribution in [-0.4, -0.2) is 4.98 Å². The molecule has 1 aromatic heterocycles. The van der Waals surface area contributed by atoms with E-state index in [0.717, 1.165) is 16.3 Å². The highest BCUT2D eigenvalue weighted by Gasteiger charge is 2.16. The third kappa shape index (κ3) is 3.39. The fourth-order valence-electron chi connectivity index (χ4n) is 2.25. The predicted molar refractivity (Wildman–Crippen MR) is 78.0 cm³/mol. The Morgan fingerprint density at radius 1 is 1.11 bits per heavy atom. The van der Waals surface area contributed by atoms with Crippen LogP contribution in [0.3, 0.4) is 0 Å². The molecule has 0 spiro atoms. The van der Waals surface area contributed by atoms with Crippen LogP contribution in [-0.2, 0) is 0 Å². The summed E-state index contributed by atoms with van der Waals surface area (Å²) in [6.45, 7) is 8.32. The van der Waals surface area contributed by atoms with Crippen LogP contribution < -0.4 is 5.32 Å². The largest absolute Gasteiger partial charge is 0.302 e. The first-order valence-corrected chi connectivity index (χ1v) is 7.24. The Morgan fingerprint density at radius 3 is 2.26 bits per heavy atom. The van der Waals surface area contributed by atoms with Crippen molar-refractivity contribution in [2.45, 2.75) is 39.8 Å². The van der Waals surface area contributed by atoms with Crippen LogP contribution in [0.4, 0.5) is 4.39 Å². The molecule has 0 saturated carbocycles. The van der Waals surface area contributed by atoms with Crippen LogP contribution >= 0.6 is 11.3 Å². The summed E-state index contributed by atoms with van der Waals surface area (Å²) in [5.74, 6) is -0.199. The number of hydrogen-bond donors (Lipinski definition) is 1. The van der Waals surface area contributed by atoms with Crippen molar-refractivity contribution in [3.63, 3.8) is 0 Å². The molecule has 0 aliphatic heterocycles. The molecule has 2 nitrogen and oxygen atoms in total. The van der Waals surface area contributed by atoms with E-state index >= 15 is 0 Å². The number of nitrogens with one attached hydrogen (secondary N) is 1. The van der Waals surface area contributed by atoms with E-state index in [0.29, 0.717) is 0 Å². The summed E-state index contributed by atoms with van der Waals surface area (Å²) in [4.78, 5) is 5.82. The first kappa shape index (κ1) is 14.2. The number of halogens is 1. The summed E-state index contributed by atoms with van der Waals surface area (Å²) in [5, 5.41) is 4.60. The minimum atomic E-state index is -0.199. The first-order chi connectivity index (χ1) is 8.97. The van der Waals surface area contributed by atoms with Crippen molar-refractivity contribution in [1.29, 1.82) is 0 Å². The molecule has 0 amide bonds. The van der Waals surface area contributed by atoms with Gasteiger partial charge in [0.15, 0.2) is 0 Å². The third-order valence-corrected chi connectivity index (χ3v) is 4.12. The Morgan fingerprint density at radius 2 is 1.74 bits per heavy atom. The topological polar surface area (TPSA) is 24.9 Å². The number of hydrogen-bond acceptors (Lipinski definition) is 3. The molecule has 19 heavy (non-hydrogen) atoms. The number of benzene rings is 1. The second kappa shape index (κ2) is 5.80. The van der Waals surface area contributed by atoms with Gasteiger partial charge in [-0.3, -0.25) is 0 Å². The number of rotatable bonds is 4. The molecule has 0 bridgehead atoms. The van der Waals surface area contributed by atoms with Gasteiger partial charge in [0.2, 0.25) is 0 Å². The molecule has 2 rings (SSSR count). The normalized spacial score (nSPS) is 14.4. The van der Waals surface area contributed by atoms with Gasteiger partial charge in [0, 0.05) is 17.0 Å². The Hall–Kier alpha value is -1.26. The molecule has 102 valence electrons. The van der Waals surface area contributed by atoms with E-state index in [-0.39, 0.29) is 17.9 Å². The molecular formula is C15H19FN2S. The van der Waals surface area contributed by atoms with Crippen molar-refractivity contribution < 1.29 is 4.39 Å². The van der Waals surface area contributed by atoms with Crippen LogP contribution in [0.2, 0.25) is 0 Å². The highest BCUT2D eigenvalue weighted by Crippen LogP contribution is 2.25. The van der Waals surface area contributed by atoms with E-state index in [1.165, 1.54) is 17.0 Å². The van der Waals surface area contributed by atoms with Crippen LogP contribution in [0.25, 0.3) is 0 Å². The minimum Gasteiger partial charge on any atom is -0.302 e. The van der Waals surface area contributed by atoms with E-state index in [2.05, 4.69) is 31.1 Å². The Bertz CT molecular complexity index is 548. The fourth-order valence-corrected chi connectivity index (χ4v) is 3.16. The average molecular weight is 278 g/mol. The van der Waals surface area contributed by atoms with Crippen molar-refractivity contribution in [3.05, 3.63) is 51.2 Å². The van der Waals surface area contributed by atoms with Gasteiger partial charge in [0.05, 0.1) is 10.7 Å². The number of aryl methyl sites for hydroxylation is 2. The van der Waals surface area contributed by atoms with Crippen molar-refractivity contribution in [3.8, 4) is 0 Å². The Labute approximate surface area is 117 Å². The van der Waals surface area contributed by atoms with E-state index < -0.39 is 0 Å². The molecule has 2 aromatic rings. The highest BCUT2D eigenvalue weighted by molar-refractivity contribution is 7.11. The molecule has 0 radical (unpaired) electrons. The van der Waals surface area contributed by atoms with Crippen molar-refractivity contribution in [1.82, 2.24) is 10.3 Å². The summed E-state index contributed by atoms with van der Waals surface area (Å²) in [5.41, 5.74) is 2.19. The summed E-state index contributed by atoms with van der Waals surface area (Å²) < 4.78 is 12.9. The smallest absolute Gasteiger partial charge is 0.123 e. The Kier molecular flexibility index (Phi) is 4.32. The van der Waals surface area contributed by atoms with E-state index in [1.807, 2.05) is 19.1 Å². The first-order valence-electron chi connectivity index (χ1n) is 6.43. The van der Waals surface area contributed by atoms with Gasteiger partial charge < -0.3 is 5.32 Å². The fraction of sp³-hybridized carbons (Fsp3) is 0.400. The SMILES string of the molecule is Cc1nc(C(C)NC(C)c2ccc(F)cc2)c(C)s1. The summed E-state index contributed by atoms with van der Waals surface area (Å²) in [6, 6.07) is 6.98. The molecule has 2 unspecified atom stereocenters. The van der Waals surface area contributed by atoms with Gasteiger partial charge in [-0.1, -0.05) is 12.1 Å². The maximum Gasteiger partial charge on any atom is 0.123 e. The zero-order valence-electron chi connectivity index (χ0n) is 11.7. The maximum absolute atomic E-state index is 12.9. The summed E-state index contributed by atoms with van der Waals surface area (Å²) >= 11 is 1.72. The molecule has 0 fully saturated rings. The summed E-state index contributed by atoms with van der Waals surface area (Å²) in [6.07, 6.45) is 0. The van der Waals surface area contributed by atoms with Gasteiger partial charge in [-0.2, -0.15) is 0 Å². The van der Waals surface area contributed by atoms with E-state index in [1.54, 1.807) is 11.3 Å². The minimum absolute atomic E-state index is 0.164. The van der Waals surface area contributed by atoms with Crippen molar-refractivity contribution >= 4 is 11.3 Å². The highest BCUT2D eigenvalue weighted by atomic mass is 32.1. The molecule has 1 N–H and O–H groups in total. The lowest BCUT2D eigenvalue weighted by atomic mass is 10.1. The number of nitrogens with zero attached hydrogens (tertiary/aromatic N) is 1. The average Bonchev–Trinajstić information content (AvgIpc) is 2.69. The van der Waals surface area contributed by atoms with Crippen LogP contribution in [0, 0.1) is 19.7 Å². The second-order valence-electron chi connectivity index (χ2n) is 4.84. The van der Waals surface area contributed by atoms with E-state index in [9.17, 15) is 4.39 Å². The second-order valence-corrected chi connectivity index (χ2v) is 6.24. The predicted octanol–water partition coefficient (Wildman–Crippen LogP) is 4.31. The van der Waals surface area contributed by atoms with Gasteiger partial charge in [-0.05, 0) is 45.4 Å². The van der Waals surface area contributed by atoms with E-state index in [4.69, 9.17) is 0 Å². The molecule has 2 atom stereocenters. The molecular weight excluding hydrogens is 259 g/mol. The summed E-state index contributed by atoms with van der Waals surface area (Å²) in [7, 11) is 0. The van der Waals surface area contributed by atoms with Gasteiger partial charge in [0.25, 0.3) is 0 Å². The van der Waals surface area contributed by atoms with Crippen LogP contribution in [0.15, 0.2) is 24.3 Å². The zero-order chi connectivity index (χ0) is 14.0. The molecule has 0 saturated heterocycles. The number of aromatic nitrogens is 1. The van der Waals surface area contributed by atoms with Gasteiger partial charge >= 0.3 is 0 Å². The molecule has 0 aliphatic rings. The van der Waals surface area contributed by atoms with Crippen molar-refractivity contribution in [2.75, 3.05) is 0 Å². The maximum atomic E-state index is 12.9. The van der Waals surface area contributed by atoms with Crippen molar-refractivity contribution in [2.24, 2.45) is 0 Å². The standard InChI is InChI=1S/C15H19FN2S/c1-9(13-5-7-14(16)8-6-13)17-10(2)15-11(3)19-12(4)18-15/h5-10,17H,1-4H3. The van der Waals surface area contributed by atoms with Crippen LogP contribution in [0.1, 0.15) is 47.1 Å². The molecule has 4 heteroatoms. The lowest BCUT2D eigenvalue weighted by Crippen LogP contribution is -2.23. The lowest BCUT2D eigenvalue weighted by molar-refractivity contribution is 0.485. The van der Waals surface area contributed by atoms with Gasteiger partial charge in [-0.15, -0.1) is 11.3 Å². The quantitative estimate of drug-likeness (QED) is 0.901. The Balaban J connectivity index is 2.08. The monoisotopic (exact) mass is 278 g/mol. The molecule has 1 heterocycles. The van der Waals surface area contributed by atoms with Gasteiger partial charge in [0.1, 0.15) is 5.82 Å². The van der Waals surface area contributed by atoms with Crippen LogP contribution in [0.5, 0.6) is 0 Å². The number of thiazole rings is 1. The molecule has 1 aromatic carbocycles. The lowest BCUT2D eigenvalue weighted by Gasteiger charge is -2.19. The van der Waals surface area contributed by atoms with Gasteiger partial charge in [-0.25, -0.2) is 9.37 Å². The molecule has 0 aliphatic carbocycles. The zero-order valence-corrected chi connectivity index (χ0v) is 12.5.